The third-order valence-electron chi connectivity index (χ3n) is 4.17. The molecule has 0 aliphatic carbocycles. The van der Waals surface area contributed by atoms with Crippen LogP contribution in [0, 0.1) is 27.7 Å². The molecule has 3 aromatic rings. The smallest absolute Gasteiger partial charge is 0.259 e. The number of benzene rings is 2. The molecular formula is C20H21N3O. The number of aryl methyl sites for hydroxylation is 3. The first-order valence-corrected chi connectivity index (χ1v) is 7.96. The summed E-state index contributed by atoms with van der Waals surface area (Å²) in [6, 6.07) is 14.1. The van der Waals surface area contributed by atoms with Crippen molar-refractivity contribution in [2.45, 2.75) is 27.7 Å². The predicted molar refractivity (Wildman–Crippen MR) is 96.9 cm³/mol. The fraction of sp³-hybridized carbons (Fsp3) is 0.200. The number of hydrogen-bond donors (Lipinski definition) is 1. The summed E-state index contributed by atoms with van der Waals surface area (Å²) in [5, 5.41) is 7.36. The number of nitrogens with one attached hydrogen (secondary N) is 1. The minimum absolute atomic E-state index is 0.139. The van der Waals surface area contributed by atoms with Crippen molar-refractivity contribution >= 4 is 11.6 Å². The maximum atomic E-state index is 12.6. The molecule has 0 spiro atoms. The van der Waals surface area contributed by atoms with Crippen LogP contribution in [-0.4, -0.2) is 15.7 Å². The van der Waals surface area contributed by atoms with Gasteiger partial charge in [-0.1, -0.05) is 29.8 Å². The molecule has 0 unspecified atom stereocenters. The lowest BCUT2D eigenvalue weighted by Gasteiger charge is -2.10. The second-order valence-corrected chi connectivity index (χ2v) is 6.16. The molecule has 0 aliphatic heterocycles. The molecule has 0 bridgehead atoms. The molecule has 1 amide bonds. The number of rotatable bonds is 3. The quantitative estimate of drug-likeness (QED) is 0.780. The van der Waals surface area contributed by atoms with Gasteiger partial charge in [0.2, 0.25) is 0 Å². The van der Waals surface area contributed by atoms with Crippen LogP contribution in [-0.2, 0) is 0 Å². The second kappa shape index (κ2) is 6.32. The summed E-state index contributed by atoms with van der Waals surface area (Å²) < 4.78 is 1.79. The third kappa shape index (κ3) is 3.08. The highest BCUT2D eigenvalue weighted by Gasteiger charge is 2.16. The summed E-state index contributed by atoms with van der Waals surface area (Å²) in [6.45, 7) is 7.95. The van der Waals surface area contributed by atoms with Crippen molar-refractivity contribution < 1.29 is 4.79 Å². The summed E-state index contributed by atoms with van der Waals surface area (Å²) in [6.07, 6.45) is 1.62. The maximum absolute atomic E-state index is 12.6. The van der Waals surface area contributed by atoms with Crippen molar-refractivity contribution in [1.82, 2.24) is 9.78 Å². The Kier molecular flexibility index (Phi) is 4.21. The molecule has 122 valence electrons. The fourth-order valence-corrected chi connectivity index (χ4v) is 2.64. The molecule has 1 aromatic heterocycles. The fourth-order valence-electron chi connectivity index (χ4n) is 2.64. The summed E-state index contributed by atoms with van der Waals surface area (Å²) in [5.74, 6) is -0.139. The first kappa shape index (κ1) is 16.0. The summed E-state index contributed by atoms with van der Waals surface area (Å²) in [7, 11) is 0. The van der Waals surface area contributed by atoms with E-state index in [2.05, 4.69) is 10.4 Å². The third-order valence-corrected chi connectivity index (χ3v) is 4.17. The normalized spacial score (nSPS) is 10.7. The van der Waals surface area contributed by atoms with Crippen LogP contribution in [0.25, 0.3) is 5.69 Å². The highest BCUT2D eigenvalue weighted by molar-refractivity contribution is 6.05. The highest BCUT2D eigenvalue weighted by atomic mass is 16.1. The Morgan fingerprint density at radius 1 is 0.958 bits per heavy atom. The molecule has 0 atom stereocenters. The number of anilines is 1. The van der Waals surface area contributed by atoms with Gasteiger partial charge in [0.25, 0.3) is 5.91 Å². The molecule has 24 heavy (non-hydrogen) atoms. The zero-order chi connectivity index (χ0) is 17.3. The van der Waals surface area contributed by atoms with Gasteiger partial charge in [0.1, 0.15) is 0 Å². The standard InChI is InChI=1S/C20H21N3O/c1-13-6-9-17(10-7-13)23-16(4)18(12-21-23)20(24)22-19-11-14(2)5-8-15(19)3/h5-12H,1-4H3,(H,22,24). The van der Waals surface area contributed by atoms with Gasteiger partial charge < -0.3 is 5.32 Å². The average molecular weight is 319 g/mol. The number of carbonyl (C=O) groups excluding carboxylic acids is 1. The largest absolute Gasteiger partial charge is 0.322 e. The van der Waals surface area contributed by atoms with Gasteiger partial charge in [0.05, 0.1) is 23.1 Å². The minimum Gasteiger partial charge on any atom is -0.322 e. The molecular weight excluding hydrogens is 298 g/mol. The Balaban J connectivity index is 1.89. The number of hydrogen-bond acceptors (Lipinski definition) is 2. The summed E-state index contributed by atoms with van der Waals surface area (Å²) >= 11 is 0. The van der Waals surface area contributed by atoms with Crippen molar-refractivity contribution in [3.8, 4) is 5.69 Å². The van der Waals surface area contributed by atoms with Crippen LogP contribution in [0.5, 0.6) is 0 Å². The Labute approximate surface area is 142 Å². The topological polar surface area (TPSA) is 46.9 Å². The first-order chi connectivity index (χ1) is 11.5. The molecule has 0 aliphatic rings. The molecule has 0 fully saturated rings. The zero-order valence-corrected chi connectivity index (χ0v) is 14.4. The van der Waals surface area contributed by atoms with Crippen molar-refractivity contribution in [1.29, 1.82) is 0 Å². The van der Waals surface area contributed by atoms with E-state index in [0.29, 0.717) is 5.56 Å². The maximum Gasteiger partial charge on any atom is 0.259 e. The van der Waals surface area contributed by atoms with E-state index in [-0.39, 0.29) is 5.91 Å². The molecule has 1 heterocycles. The number of amides is 1. The van der Waals surface area contributed by atoms with Gasteiger partial charge in [0.15, 0.2) is 0 Å². The molecule has 4 nitrogen and oxygen atoms in total. The summed E-state index contributed by atoms with van der Waals surface area (Å²) in [4.78, 5) is 12.6. The Morgan fingerprint density at radius 3 is 2.33 bits per heavy atom. The number of carbonyl (C=O) groups is 1. The molecule has 0 radical (unpaired) electrons. The van der Waals surface area contributed by atoms with Crippen LogP contribution >= 0.6 is 0 Å². The van der Waals surface area contributed by atoms with Gasteiger partial charge in [0, 0.05) is 5.69 Å². The SMILES string of the molecule is Cc1ccc(-n2ncc(C(=O)Nc3cc(C)ccc3C)c2C)cc1. The van der Waals surface area contributed by atoms with Crippen molar-refractivity contribution in [2.24, 2.45) is 0 Å². The van der Waals surface area contributed by atoms with E-state index < -0.39 is 0 Å². The number of aromatic nitrogens is 2. The zero-order valence-electron chi connectivity index (χ0n) is 14.4. The molecule has 4 heteroatoms. The van der Waals surface area contributed by atoms with Crippen molar-refractivity contribution in [3.63, 3.8) is 0 Å². The van der Waals surface area contributed by atoms with Gasteiger partial charge in [-0.2, -0.15) is 5.10 Å². The molecule has 0 saturated carbocycles. The van der Waals surface area contributed by atoms with Crippen LogP contribution in [0.2, 0.25) is 0 Å². The van der Waals surface area contributed by atoms with Gasteiger partial charge in [-0.05, 0) is 57.0 Å². The Morgan fingerprint density at radius 2 is 1.62 bits per heavy atom. The predicted octanol–water partition coefficient (Wildman–Crippen LogP) is 4.36. The van der Waals surface area contributed by atoms with Gasteiger partial charge in [-0.25, -0.2) is 4.68 Å². The summed E-state index contributed by atoms with van der Waals surface area (Å²) in [5.41, 5.74) is 6.53. The van der Waals surface area contributed by atoms with E-state index >= 15 is 0 Å². The number of nitrogens with zero attached hydrogens (tertiary/aromatic N) is 2. The molecule has 1 N–H and O–H groups in total. The molecule has 2 aromatic carbocycles. The van der Waals surface area contributed by atoms with E-state index in [1.807, 2.05) is 70.2 Å². The lowest BCUT2D eigenvalue weighted by Crippen LogP contribution is -2.14. The van der Waals surface area contributed by atoms with Crippen LogP contribution in [0.15, 0.2) is 48.7 Å². The minimum atomic E-state index is -0.139. The second-order valence-electron chi connectivity index (χ2n) is 6.16. The lowest BCUT2D eigenvalue weighted by molar-refractivity contribution is 0.102. The van der Waals surface area contributed by atoms with Gasteiger partial charge in [-0.3, -0.25) is 4.79 Å². The monoisotopic (exact) mass is 319 g/mol. The van der Waals surface area contributed by atoms with Gasteiger partial charge >= 0.3 is 0 Å². The van der Waals surface area contributed by atoms with E-state index in [4.69, 9.17) is 0 Å². The Hall–Kier alpha value is -2.88. The van der Waals surface area contributed by atoms with Crippen LogP contribution in [0.4, 0.5) is 5.69 Å². The van der Waals surface area contributed by atoms with E-state index in [1.165, 1.54) is 5.56 Å². The van der Waals surface area contributed by atoms with Crippen LogP contribution < -0.4 is 5.32 Å². The average Bonchev–Trinajstić information content (AvgIpc) is 2.93. The van der Waals surface area contributed by atoms with Gasteiger partial charge in [-0.15, -0.1) is 0 Å². The first-order valence-electron chi connectivity index (χ1n) is 7.96. The van der Waals surface area contributed by atoms with Crippen molar-refractivity contribution in [3.05, 3.63) is 76.6 Å². The van der Waals surface area contributed by atoms with Crippen molar-refractivity contribution in [2.75, 3.05) is 5.32 Å². The van der Waals surface area contributed by atoms with Crippen LogP contribution in [0.3, 0.4) is 0 Å². The van der Waals surface area contributed by atoms with E-state index in [1.54, 1.807) is 10.9 Å². The van der Waals surface area contributed by atoms with E-state index in [0.717, 1.165) is 28.2 Å². The molecule has 3 rings (SSSR count). The highest BCUT2D eigenvalue weighted by Crippen LogP contribution is 2.20. The molecule has 0 saturated heterocycles. The lowest BCUT2D eigenvalue weighted by atomic mass is 10.1. The van der Waals surface area contributed by atoms with E-state index in [9.17, 15) is 4.79 Å². The Bertz CT molecular complexity index is 892. The van der Waals surface area contributed by atoms with Crippen LogP contribution in [0.1, 0.15) is 32.7 Å².